The van der Waals surface area contributed by atoms with Gasteiger partial charge in [0.15, 0.2) is 11.7 Å². The first-order chi connectivity index (χ1) is 14.6. The van der Waals surface area contributed by atoms with E-state index >= 15 is 0 Å². The molecule has 1 aromatic heterocycles. The maximum absolute atomic E-state index is 12.9. The molecule has 0 radical (unpaired) electrons. The summed E-state index contributed by atoms with van der Waals surface area (Å²) in [6.07, 6.45) is -2.77. The van der Waals surface area contributed by atoms with Crippen molar-refractivity contribution >= 4 is 34.0 Å². The SMILES string of the molecule is CC(C)c1ccc(OCC(=O)Nc2ncc(Cc3cc(C(F)(F)F)ccc3Cl)s2)cc1. The van der Waals surface area contributed by atoms with Crippen LogP contribution in [0, 0.1) is 0 Å². The number of thiazole rings is 1. The second kappa shape index (κ2) is 9.70. The number of halogens is 4. The third kappa shape index (κ3) is 6.45. The maximum atomic E-state index is 12.9. The molecule has 0 atom stereocenters. The fourth-order valence-corrected chi connectivity index (χ4v) is 3.81. The minimum Gasteiger partial charge on any atom is -0.484 e. The van der Waals surface area contributed by atoms with Gasteiger partial charge in [0.2, 0.25) is 0 Å². The summed E-state index contributed by atoms with van der Waals surface area (Å²) in [6, 6.07) is 10.7. The van der Waals surface area contributed by atoms with E-state index in [0.29, 0.717) is 27.2 Å². The second-order valence-electron chi connectivity index (χ2n) is 7.17. The molecule has 0 aliphatic heterocycles. The molecule has 164 valence electrons. The van der Waals surface area contributed by atoms with Crippen LogP contribution >= 0.6 is 22.9 Å². The molecule has 0 aliphatic rings. The third-order valence-corrected chi connectivity index (χ3v) is 5.74. The molecule has 0 spiro atoms. The number of rotatable bonds is 7. The summed E-state index contributed by atoms with van der Waals surface area (Å²) < 4.78 is 44.3. The highest BCUT2D eigenvalue weighted by Crippen LogP contribution is 2.33. The fraction of sp³-hybridized carbons (Fsp3) is 0.273. The second-order valence-corrected chi connectivity index (χ2v) is 8.70. The highest BCUT2D eigenvalue weighted by molar-refractivity contribution is 7.15. The zero-order valence-electron chi connectivity index (χ0n) is 16.8. The number of alkyl halides is 3. The lowest BCUT2D eigenvalue weighted by Crippen LogP contribution is -2.19. The molecular weight excluding hydrogens is 449 g/mol. The number of ether oxygens (including phenoxy) is 1. The van der Waals surface area contributed by atoms with Gasteiger partial charge in [-0.3, -0.25) is 10.1 Å². The summed E-state index contributed by atoms with van der Waals surface area (Å²) >= 11 is 7.21. The average Bonchev–Trinajstić information content (AvgIpc) is 3.14. The van der Waals surface area contributed by atoms with Gasteiger partial charge in [0.25, 0.3) is 5.91 Å². The number of anilines is 1. The Morgan fingerprint density at radius 3 is 2.55 bits per heavy atom. The van der Waals surface area contributed by atoms with E-state index < -0.39 is 11.7 Å². The predicted octanol–water partition coefficient (Wildman–Crippen LogP) is 6.55. The smallest absolute Gasteiger partial charge is 0.416 e. The number of carbonyl (C=O) groups excluding carboxylic acids is 1. The molecule has 9 heteroatoms. The molecule has 3 aromatic rings. The maximum Gasteiger partial charge on any atom is 0.416 e. The number of benzene rings is 2. The van der Waals surface area contributed by atoms with Gasteiger partial charge in [-0.15, -0.1) is 11.3 Å². The first kappa shape index (κ1) is 23.1. The van der Waals surface area contributed by atoms with Gasteiger partial charge in [0.1, 0.15) is 5.75 Å². The molecule has 0 aliphatic carbocycles. The number of hydrogen-bond donors (Lipinski definition) is 1. The Kier molecular flexibility index (Phi) is 7.23. The van der Waals surface area contributed by atoms with Gasteiger partial charge in [-0.1, -0.05) is 37.6 Å². The monoisotopic (exact) mass is 468 g/mol. The minimum atomic E-state index is -4.44. The van der Waals surface area contributed by atoms with Crippen LogP contribution in [0.4, 0.5) is 18.3 Å². The summed E-state index contributed by atoms with van der Waals surface area (Å²) in [5, 5.41) is 3.20. The molecule has 1 amide bonds. The Labute approximate surface area is 187 Å². The molecule has 0 saturated carbocycles. The topological polar surface area (TPSA) is 51.2 Å². The highest BCUT2D eigenvalue weighted by Gasteiger charge is 2.30. The van der Waals surface area contributed by atoms with Crippen LogP contribution in [0.3, 0.4) is 0 Å². The molecular formula is C22H20ClF3N2O2S. The number of aromatic nitrogens is 1. The lowest BCUT2D eigenvalue weighted by Gasteiger charge is -2.09. The Bertz CT molecular complexity index is 1050. The van der Waals surface area contributed by atoms with Gasteiger partial charge < -0.3 is 4.74 Å². The van der Waals surface area contributed by atoms with E-state index in [1.165, 1.54) is 29.2 Å². The van der Waals surface area contributed by atoms with Crippen molar-refractivity contribution in [3.63, 3.8) is 0 Å². The lowest BCUT2D eigenvalue weighted by atomic mass is 10.0. The number of hydrogen-bond acceptors (Lipinski definition) is 4. The zero-order valence-corrected chi connectivity index (χ0v) is 18.4. The van der Waals surface area contributed by atoms with Crippen LogP contribution in [-0.4, -0.2) is 17.5 Å². The number of nitrogens with zero attached hydrogens (tertiary/aromatic N) is 1. The molecule has 0 saturated heterocycles. The summed E-state index contributed by atoms with van der Waals surface area (Å²) in [5.74, 6) is 0.603. The van der Waals surface area contributed by atoms with Gasteiger partial charge >= 0.3 is 6.18 Å². The number of amides is 1. The van der Waals surface area contributed by atoms with Gasteiger partial charge in [-0.2, -0.15) is 13.2 Å². The molecule has 31 heavy (non-hydrogen) atoms. The van der Waals surface area contributed by atoms with E-state index in [2.05, 4.69) is 24.1 Å². The fourth-order valence-electron chi connectivity index (χ4n) is 2.77. The van der Waals surface area contributed by atoms with Crippen LogP contribution in [0.5, 0.6) is 5.75 Å². The summed E-state index contributed by atoms with van der Waals surface area (Å²) in [4.78, 5) is 16.9. The van der Waals surface area contributed by atoms with Crippen molar-refractivity contribution in [1.82, 2.24) is 4.98 Å². The molecule has 0 bridgehead atoms. The van der Waals surface area contributed by atoms with E-state index in [1.54, 1.807) is 0 Å². The molecule has 1 N–H and O–H groups in total. The quantitative estimate of drug-likeness (QED) is 0.428. The lowest BCUT2D eigenvalue weighted by molar-refractivity contribution is -0.137. The Morgan fingerprint density at radius 2 is 1.90 bits per heavy atom. The van der Waals surface area contributed by atoms with Crippen molar-refractivity contribution in [3.05, 3.63) is 75.3 Å². The molecule has 0 fully saturated rings. The van der Waals surface area contributed by atoms with Crippen LogP contribution in [0.2, 0.25) is 5.02 Å². The molecule has 0 unspecified atom stereocenters. The third-order valence-electron chi connectivity index (χ3n) is 4.45. The van der Waals surface area contributed by atoms with E-state index in [0.717, 1.165) is 12.1 Å². The van der Waals surface area contributed by atoms with E-state index in [-0.39, 0.29) is 24.0 Å². The van der Waals surface area contributed by atoms with Crippen molar-refractivity contribution in [2.75, 3.05) is 11.9 Å². The van der Waals surface area contributed by atoms with Gasteiger partial charge in [-0.05, 0) is 47.4 Å². The molecule has 1 heterocycles. The predicted molar refractivity (Wildman–Crippen MR) is 116 cm³/mol. The summed E-state index contributed by atoms with van der Waals surface area (Å²) in [5.41, 5.74) is 0.753. The Hall–Kier alpha value is -2.58. The van der Waals surface area contributed by atoms with Gasteiger partial charge in [-0.25, -0.2) is 4.98 Å². The van der Waals surface area contributed by atoms with Crippen LogP contribution in [0.25, 0.3) is 0 Å². The molecule has 3 rings (SSSR count). The minimum absolute atomic E-state index is 0.176. The average molecular weight is 469 g/mol. The number of nitrogens with one attached hydrogen (secondary N) is 1. The standard InChI is InChI=1S/C22H20ClF3N2O2S/c1-13(2)14-3-6-17(7-4-14)30-12-20(29)28-21-27-11-18(31-21)10-15-9-16(22(24,25)26)5-8-19(15)23/h3-9,11,13H,10,12H2,1-2H3,(H,27,28,29). The van der Waals surface area contributed by atoms with Crippen molar-refractivity contribution in [1.29, 1.82) is 0 Å². The number of carbonyl (C=O) groups is 1. The molecule has 2 aromatic carbocycles. The molecule has 4 nitrogen and oxygen atoms in total. The van der Waals surface area contributed by atoms with Crippen molar-refractivity contribution in [2.45, 2.75) is 32.4 Å². The van der Waals surface area contributed by atoms with Gasteiger partial charge in [0.05, 0.1) is 5.56 Å². The Morgan fingerprint density at radius 1 is 1.19 bits per heavy atom. The first-order valence-electron chi connectivity index (χ1n) is 9.45. The van der Waals surface area contributed by atoms with E-state index in [4.69, 9.17) is 16.3 Å². The largest absolute Gasteiger partial charge is 0.484 e. The van der Waals surface area contributed by atoms with Crippen LogP contribution in [-0.2, 0) is 17.4 Å². The Balaban J connectivity index is 1.57. The van der Waals surface area contributed by atoms with Crippen molar-refractivity contribution in [3.8, 4) is 5.75 Å². The van der Waals surface area contributed by atoms with E-state index in [9.17, 15) is 18.0 Å². The highest BCUT2D eigenvalue weighted by atomic mass is 35.5. The van der Waals surface area contributed by atoms with Crippen LogP contribution < -0.4 is 10.1 Å². The summed E-state index contributed by atoms with van der Waals surface area (Å²) in [7, 11) is 0. The van der Waals surface area contributed by atoms with Crippen molar-refractivity contribution < 1.29 is 22.7 Å². The normalized spacial score (nSPS) is 11.6. The zero-order chi connectivity index (χ0) is 22.6. The van der Waals surface area contributed by atoms with Gasteiger partial charge in [0, 0.05) is 22.5 Å². The van der Waals surface area contributed by atoms with E-state index in [1.807, 2.05) is 24.3 Å². The van der Waals surface area contributed by atoms with Crippen LogP contribution in [0.1, 0.15) is 41.3 Å². The summed E-state index contributed by atoms with van der Waals surface area (Å²) in [6.45, 7) is 3.99. The first-order valence-corrected chi connectivity index (χ1v) is 10.6. The van der Waals surface area contributed by atoms with Crippen molar-refractivity contribution in [2.24, 2.45) is 0 Å². The van der Waals surface area contributed by atoms with Crippen LogP contribution in [0.15, 0.2) is 48.7 Å².